The molecule has 0 fully saturated rings. The summed E-state index contributed by atoms with van der Waals surface area (Å²) in [5.74, 6) is -0.633. The topological polar surface area (TPSA) is 73.7 Å². The number of carboxylic acid groups (broad SMARTS) is 1. The van der Waals surface area contributed by atoms with Gasteiger partial charge in [0.05, 0.1) is 12.2 Å². The second-order valence-electron chi connectivity index (χ2n) is 2.99. The summed E-state index contributed by atoms with van der Waals surface area (Å²) in [4.78, 5) is 16.3. The molecular formula is C9H11ClN2O3. The van der Waals surface area contributed by atoms with E-state index in [1.165, 1.54) is 12.1 Å². The molecule has 0 saturated heterocycles. The van der Waals surface area contributed by atoms with Crippen LogP contribution in [0.3, 0.4) is 0 Å². The highest BCUT2D eigenvalue weighted by atomic mass is 35.5. The van der Waals surface area contributed by atoms with Crippen LogP contribution < -0.4 is 4.90 Å². The van der Waals surface area contributed by atoms with Gasteiger partial charge in [-0.1, -0.05) is 11.6 Å². The van der Waals surface area contributed by atoms with Gasteiger partial charge in [0.25, 0.3) is 0 Å². The normalized spacial score (nSPS) is 10.1. The lowest BCUT2D eigenvalue weighted by Crippen LogP contribution is -2.22. The van der Waals surface area contributed by atoms with Crippen molar-refractivity contribution < 1.29 is 15.0 Å². The summed E-state index contributed by atoms with van der Waals surface area (Å²) < 4.78 is 0. The molecule has 0 aliphatic heterocycles. The fraction of sp³-hybridized carbons (Fsp3) is 0.333. The number of anilines is 1. The molecule has 0 atom stereocenters. The lowest BCUT2D eigenvalue weighted by atomic mass is 10.2. The Bertz CT molecular complexity index is 370. The number of halogens is 1. The van der Waals surface area contributed by atoms with Crippen molar-refractivity contribution >= 4 is 23.4 Å². The zero-order valence-electron chi connectivity index (χ0n) is 8.14. The molecule has 0 unspecified atom stereocenters. The molecule has 1 aromatic heterocycles. The molecule has 5 nitrogen and oxygen atoms in total. The van der Waals surface area contributed by atoms with Gasteiger partial charge in [-0.15, -0.1) is 0 Å². The molecule has 0 spiro atoms. The fourth-order valence-corrected chi connectivity index (χ4v) is 1.27. The molecule has 15 heavy (non-hydrogen) atoms. The summed E-state index contributed by atoms with van der Waals surface area (Å²) in [6.45, 7) is 0.333. The van der Waals surface area contributed by atoms with E-state index in [9.17, 15) is 4.79 Å². The highest BCUT2D eigenvalue weighted by Gasteiger charge is 2.09. The number of carbonyl (C=O) groups is 1. The van der Waals surface area contributed by atoms with E-state index in [1.54, 1.807) is 11.9 Å². The predicted octanol–water partition coefficient (Wildman–Crippen LogP) is 0.862. The van der Waals surface area contributed by atoms with Gasteiger partial charge in [0.2, 0.25) is 0 Å². The van der Waals surface area contributed by atoms with Crippen molar-refractivity contribution in [3.05, 3.63) is 22.8 Å². The molecule has 1 aromatic rings. The smallest absolute Gasteiger partial charge is 0.335 e. The molecule has 1 rings (SSSR count). The monoisotopic (exact) mass is 230 g/mol. The maximum absolute atomic E-state index is 10.7. The lowest BCUT2D eigenvalue weighted by Gasteiger charge is -2.17. The Labute approximate surface area is 91.9 Å². The minimum atomic E-state index is -1.06. The highest BCUT2D eigenvalue weighted by molar-refractivity contribution is 6.29. The zero-order chi connectivity index (χ0) is 11.4. The Morgan fingerprint density at radius 2 is 2.27 bits per heavy atom. The van der Waals surface area contributed by atoms with Gasteiger partial charge < -0.3 is 15.1 Å². The maximum atomic E-state index is 10.7. The van der Waals surface area contributed by atoms with Crippen LogP contribution in [0.15, 0.2) is 12.1 Å². The predicted molar refractivity (Wildman–Crippen MR) is 56.6 cm³/mol. The molecule has 82 valence electrons. The molecule has 0 amide bonds. The van der Waals surface area contributed by atoms with Crippen LogP contribution in [0, 0.1) is 0 Å². The first-order valence-corrected chi connectivity index (χ1v) is 4.65. The lowest BCUT2D eigenvalue weighted by molar-refractivity contribution is 0.0697. The number of nitrogens with zero attached hydrogens (tertiary/aromatic N) is 2. The van der Waals surface area contributed by atoms with E-state index >= 15 is 0 Å². The minimum absolute atomic E-state index is 0.0346. The van der Waals surface area contributed by atoms with Gasteiger partial charge in [-0.05, 0) is 12.1 Å². The van der Waals surface area contributed by atoms with Crippen LogP contribution in [0.4, 0.5) is 5.82 Å². The number of aromatic carboxylic acids is 1. The largest absolute Gasteiger partial charge is 0.478 e. The molecule has 0 aromatic carbocycles. The van der Waals surface area contributed by atoms with Crippen molar-refractivity contribution in [2.45, 2.75) is 0 Å². The van der Waals surface area contributed by atoms with E-state index < -0.39 is 5.97 Å². The summed E-state index contributed by atoms with van der Waals surface area (Å²) in [5.41, 5.74) is 0.0785. The number of likely N-dealkylation sites (N-methyl/N-ethyl adjacent to an activating group) is 1. The highest BCUT2D eigenvalue weighted by Crippen LogP contribution is 2.17. The van der Waals surface area contributed by atoms with E-state index in [4.69, 9.17) is 21.8 Å². The Morgan fingerprint density at radius 3 is 2.80 bits per heavy atom. The summed E-state index contributed by atoms with van der Waals surface area (Å²) in [5, 5.41) is 17.6. The maximum Gasteiger partial charge on any atom is 0.335 e. The second-order valence-corrected chi connectivity index (χ2v) is 3.37. The average Bonchev–Trinajstić information content (AvgIpc) is 2.17. The summed E-state index contributed by atoms with van der Waals surface area (Å²) in [7, 11) is 1.69. The van der Waals surface area contributed by atoms with Crippen molar-refractivity contribution in [2.75, 3.05) is 25.1 Å². The van der Waals surface area contributed by atoms with Gasteiger partial charge in [0.1, 0.15) is 11.0 Å². The summed E-state index contributed by atoms with van der Waals surface area (Å²) in [6.07, 6.45) is 0. The molecule has 0 aliphatic rings. The zero-order valence-corrected chi connectivity index (χ0v) is 8.90. The number of hydrogen-bond donors (Lipinski definition) is 2. The van der Waals surface area contributed by atoms with Gasteiger partial charge in [0.15, 0.2) is 0 Å². The second kappa shape index (κ2) is 4.95. The first kappa shape index (κ1) is 11.7. The van der Waals surface area contributed by atoms with Crippen molar-refractivity contribution in [3.8, 4) is 0 Å². The molecule has 0 bridgehead atoms. The van der Waals surface area contributed by atoms with Crippen LogP contribution in [0.5, 0.6) is 0 Å². The van der Waals surface area contributed by atoms with E-state index in [-0.39, 0.29) is 17.3 Å². The van der Waals surface area contributed by atoms with Crippen LogP contribution in [-0.4, -0.2) is 41.4 Å². The number of pyridine rings is 1. The quantitative estimate of drug-likeness (QED) is 0.751. The molecule has 2 N–H and O–H groups in total. The fourth-order valence-electron chi connectivity index (χ4n) is 1.07. The molecule has 6 heteroatoms. The third-order valence-electron chi connectivity index (χ3n) is 1.85. The molecule has 1 heterocycles. The Balaban J connectivity index is 3.03. The van der Waals surface area contributed by atoms with Crippen molar-refractivity contribution in [1.82, 2.24) is 4.98 Å². The van der Waals surface area contributed by atoms with Crippen LogP contribution in [0.2, 0.25) is 5.15 Å². The van der Waals surface area contributed by atoms with Crippen molar-refractivity contribution in [3.63, 3.8) is 0 Å². The molecular weight excluding hydrogens is 220 g/mol. The number of aromatic nitrogens is 1. The van der Waals surface area contributed by atoms with Crippen LogP contribution in [-0.2, 0) is 0 Å². The third kappa shape index (κ3) is 3.07. The first-order valence-electron chi connectivity index (χ1n) is 4.27. The first-order chi connectivity index (χ1) is 7.04. The van der Waals surface area contributed by atoms with E-state index in [1.807, 2.05) is 0 Å². The van der Waals surface area contributed by atoms with Crippen LogP contribution in [0.1, 0.15) is 10.4 Å². The van der Waals surface area contributed by atoms with Gasteiger partial charge in [-0.3, -0.25) is 0 Å². The van der Waals surface area contributed by atoms with Crippen LogP contribution in [0.25, 0.3) is 0 Å². The van der Waals surface area contributed by atoms with Gasteiger partial charge in [-0.2, -0.15) is 0 Å². The average molecular weight is 231 g/mol. The Morgan fingerprint density at radius 1 is 1.60 bits per heavy atom. The van der Waals surface area contributed by atoms with Crippen molar-refractivity contribution in [1.29, 1.82) is 0 Å². The molecule has 0 saturated carbocycles. The van der Waals surface area contributed by atoms with Gasteiger partial charge in [0, 0.05) is 13.6 Å². The van der Waals surface area contributed by atoms with Gasteiger partial charge in [-0.25, -0.2) is 9.78 Å². The summed E-state index contributed by atoms with van der Waals surface area (Å²) in [6, 6.07) is 2.68. The summed E-state index contributed by atoms with van der Waals surface area (Å²) >= 11 is 5.67. The SMILES string of the molecule is CN(CCO)c1cc(C(=O)O)cc(Cl)n1. The number of carboxylic acids is 1. The van der Waals surface area contributed by atoms with Crippen molar-refractivity contribution in [2.24, 2.45) is 0 Å². The Kier molecular flexibility index (Phi) is 3.88. The third-order valence-corrected chi connectivity index (χ3v) is 2.05. The van der Waals surface area contributed by atoms with Gasteiger partial charge >= 0.3 is 5.97 Å². The number of hydrogen-bond acceptors (Lipinski definition) is 4. The molecule has 0 aliphatic carbocycles. The number of aliphatic hydroxyl groups excluding tert-OH is 1. The van der Waals surface area contributed by atoms with Crippen LogP contribution >= 0.6 is 11.6 Å². The Hall–Kier alpha value is -1.33. The standard InChI is InChI=1S/C9H11ClN2O3/c1-12(2-3-13)8-5-6(9(14)15)4-7(10)11-8/h4-5,13H,2-3H2,1H3,(H,14,15). The number of rotatable bonds is 4. The van der Waals surface area contributed by atoms with E-state index in [2.05, 4.69) is 4.98 Å². The molecule has 0 radical (unpaired) electrons. The van der Waals surface area contributed by atoms with E-state index in [0.717, 1.165) is 0 Å². The van der Waals surface area contributed by atoms with E-state index in [0.29, 0.717) is 12.4 Å². The number of aliphatic hydroxyl groups is 1. The minimum Gasteiger partial charge on any atom is -0.478 e.